The van der Waals surface area contributed by atoms with Gasteiger partial charge in [-0.3, -0.25) is 9.48 Å². The van der Waals surface area contributed by atoms with Crippen LogP contribution < -0.4 is 5.32 Å². The lowest BCUT2D eigenvalue weighted by atomic mass is 10.2. The van der Waals surface area contributed by atoms with E-state index in [0.29, 0.717) is 11.6 Å². The summed E-state index contributed by atoms with van der Waals surface area (Å²) in [6.45, 7) is 3.76. The van der Waals surface area contributed by atoms with Crippen molar-refractivity contribution in [2.45, 2.75) is 25.8 Å². The predicted molar refractivity (Wildman–Crippen MR) is 65.9 cm³/mol. The molecule has 1 aromatic rings. The highest BCUT2D eigenvalue weighted by molar-refractivity contribution is 5.94. The van der Waals surface area contributed by atoms with Gasteiger partial charge in [-0.1, -0.05) is 0 Å². The van der Waals surface area contributed by atoms with Gasteiger partial charge >= 0.3 is 0 Å². The van der Waals surface area contributed by atoms with Crippen molar-refractivity contribution < 1.29 is 4.79 Å². The van der Waals surface area contributed by atoms with Gasteiger partial charge in [0.05, 0.1) is 11.8 Å². The van der Waals surface area contributed by atoms with Gasteiger partial charge in [-0.25, -0.2) is 0 Å². The first-order chi connectivity index (χ1) is 8.09. The maximum absolute atomic E-state index is 12.2. The fraction of sp³-hybridized carbons (Fsp3) is 0.667. The van der Waals surface area contributed by atoms with Crippen molar-refractivity contribution in [3.05, 3.63) is 17.5 Å². The van der Waals surface area contributed by atoms with E-state index in [2.05, 4.69) is 10.4 Å². The van der Waals surface area contributed by atoms with E-state index in [1.807, 2.05) is 21.0 Å². The summed E-state index contributed by atoms with van der Waals surface area (Å²) in [4.78, 5) is 14.0. The Hall–Kier alpha value is -1.36. The Morgan fingerprint density at radius 1 is 1.71 bits per heavy atom. The molecule has 94 valence electrons. The third kappa shape index (κ3) is 2.49. The normalized spacial score (nSPS) is 19.6. The lowest BCUT2D eigenvalue weighted by Crippen LogP contribution is -2.38. The van der Waals surface area contributed by atoms with Crippen LogP contribution in [0.15, 0.2) is 6.20 Å². The molecule has 1 N–H and O–H groups in total. The number of aryl methyl sites for hydroxylation is 1. The average molecular weight is 236 g/mol. The minimum absolute atomic E-state index is 0.0595. The Morgan fingerprint density at radius 3 is 3.00 bits per heavy atom. The van der Waals surface area contributed by atoms with Crippen LogP contribution in [-0.4, -0.2) is 46.8 Å². The predicted octanol–water partition coefficient (Wildman–Crippen LogP) is 0.553. The number of hydrogen-bond donors (Lipinski definition) is 1. The lowest BCUT2D eigenvalue weighted by molar-refractivity contribution is 0.0783. The van der Waals surface area contributed by atoms with E-state index < -0.39 is 0 Å². The van der Waals surface area contributed by atoms with Crippen molar-refractivity contribution in [3.8, 4) is 0 Å². The molecule has 1 aromatic heterocycles. The molecule has 0 saturated carbocycles. The number of carbonyl (C=O) groups excluding carboxylic acids is 1. The second-order valence-electron chi connectivity index (χ2n) is 4.75. The van der Waals surface area contributed by atoms with Crippen LogP contribution in [0.3, 0.4) is 0 Å². The van der Waals surface area contributed by atoms with Gasteiger partial charge in [-0.15, -0.1) is 0 Å². The molecule has 5 nitrogen and oxygen atoms in total. The molecule has 1 aliphatic rings. The molecule has 0 spiro atoms. The van der Waals surface area contributed by atoms with E-state index in [9.17, 15) is 4.79 Å². The quantitative estimate of drug-likeness (QED) is 0.834. The summed E-state index contributed by atoms with van der Waals surface area (Å²) in [6, 6.07) is 0.445. The summed E-state index contributed by atoms with van der Waals surface area (Å²) >= 11 is 0. The van der Waals surface area contributed by atoms with Crippen molar-refractivity contribution in [1.29, 1.82) is 0 Å². The van der Waals surface area contributed by atoms with E-state index in [0.717, 1.165) is 25.2 Å². The summed E-state index contributed by atoms with van der Waals surface area (Å²) in [5.74, 6) is 0.0595. The Kier molecular flexibility index (Phi) is 3.47. The molecule has 1 unspecified atom stereocenters. The molecule has 0 bridgehead atoms. The zero-order valence-corrected chi connectivity index (χ0v) is 10.7. The highest BCUT2D eigenvalue weighted by Crippen LogP contribution is 2.11. The smallest absolute Gasteiger partial charge is 0.257 e. The fourth-order valence-electron chi connectivity index (χ4n) is 2.24. The largest absolute Gasteiger partial charge is 0.340 e. The van der Waals surface area contributed by atoms with Gasteiger partial charge < -0.3 is 10.2 Å². The first kappa shape index (κ1) is 12.1. The first-order valence-corrected chi connectivity index (χ1v) is 6.07. The van der Waals surface area contributed by atoms with Crippen LogP contribution in [0, 0.1) is 6.92 Å². The van der Waals surface area contributed by atoms with Crippen molar-refractivity contribution in [3.63, 3.8) is 0 Å². The highest BCUT2D eigenvalue weighted by Gasteiger charge is 2.21. The van der Waals surface area contributed by atoms with Gasteiger partial charge in [0, 0.05) is 32.4 Å². The zero-order valence-electron chi connectivity index (χ0n) is 10.7. The van der Waals surface area contributed by atoms with Gasteiger partial charge in [0.1, 0.15) is 0 Å². The van der Waals surface area contributed by atoms with Crippen LogP contribution in [0.2, 0.25) is 0 Å². The fourth-order valence-corrected chi connectivity index (χ4v) is 2.24. The number of nitrogens with one attached hydrogen (secondary N) is 1. The molecule has 0 aliphatic carbocycles. The van der Waals surface area contributed by atoms with Crippen molar-refractivity contribution in [2.75, 3.05) is 20.1 Å². The van der Waals surface area contributed by atoms with Crippen LogP contribution in [0.25, 0.3) is 0 Å². The molecule has 1 aliphatic heterocycles. The minimum Gasteiger partial charge on any atom is -0.340 e. The van der Waals surface area contributed by atoms with Gasteiger partial charge in [-0.2, -0.15) is 5.10 Å². The first-order valence-electron chi connectivity index (χ1n) is 6.07. The second-order valence-corrected chi connectivity index (χ2v) is 4.75. The Labute approximate surface area is 102 Å². The summed E-state index contributed by atoms with van der Waals surface area (Å²) in [5.41, 5.74) is 1.62. The summed E-state index contributed by atoms with van der Waals surface area (Å²) in [5, 5.41) is 7.50. The van der Waals surface area contributed by atoms with Crippen LogP contribution in [0.4, 0.5) is 0 Å². The SMILES string of the molecule is Cc1c(C(=O)N(C)CC2CCCN2)cnn1C. The molecular formula is C12H20N4O. The molecule has 1 fully saturated rings. The molecule has 2 rings (SSSR count). The third-order valence-electron chi connectivity index (χ3n) is 3.47. The number of nitrogens with zero attached hydrogens (tertiary/aromatic N) is 3. The van der Waals surface area contributed by atoms with E-state index in [4.69, 9.17) is 0 Å². The topological polar surface area (TPSA) is 50.2 Å². The Balaban J connectivity index is 2.01. The highest BCUT2D eigenvalue weighted by atomic mass is 16.2. The van der Waals surface area contributed by atoms with Crippen LogP contribution >= 0.6 is 0 Å². The van der Waals surface area contributed by atoms with E-state index in [1.165, 1.54) is 6.42 Å². The lowest BCUT2D eigenvalue weighted by Gasteiger charge is -2.21. The molecular weight excluding hydrogens is 216 g/mol. The molecule has 2 heterocycles. The molecule has 1 atom stereocenters. The number of carbonyl (C=O) groups is 1. The van der Waals surface area contributed by atoms with Gasteiger partial charge in [0.15, 0.2) is 0 Å². The van der Waals surface area contributed by atoms with Crippen molar-refractivity contribution >= 4 is 5.91 Å². The van der Waals surface area contributed by atoms with Crippen LogP contribution in [-0.2, 0) is 7.05 Å². The molecule has 1 amide bonds. The Bertz CT molecular complexity index is 407. The van der Waals surface area contributed by atoms with E-state index in [1.54, 1.807) is 15.8 Å². The molecule has 0 aromatic carbocycles. The summed E-state index contributed by atoms with van der Waals surface area (Å²) in [7, 11) is 3.71. The van der Waals surface area contributed by atoms with E-state index >= 15 is 0 Å². The molecule has 1 saturated heterocycles. The van der Waals surface area contributed by atoms with E-state index in [-0.39, 0.29) is 5.91 Å². The van der Waals surface area contributed by atoms with Gasteiger partial charge in [0.25, 0.3) is 5.91 Å². The van der Waals surface area contributed by atoms with Gasteiger partial charge in [-0.05, 0) is 26.3 Å². The van der Waals surface area contributed by atoms with Crippen molar-refractivity contribution in [2.24, 2.45) is 7.05 Å². The molecule has 0 radical (unpaired) electrons. The maximum Gasteiger partial charge on any atom is 0.257 e. The average Bonchev–Trinajstić information content (AvgIpc) is 2.90. The molecule has 17 heavy (non-hydrogen) atoms. The summed E-state index contributed by atoms with van der Waals surface area (Å²) < 4.78 is 1.73. The van der Waals surface area contributed by atoms with Crippen LogP contribution in [0.1, 0.15) is 28.9 Å². The number of rotatable bonds is 3. The van der Waals surface area contributed by atoms with Gasteiger partial charge in [0.2, 0.25) is 0 Å². The minimum atomic E-state index is 0.0595. The number of hydrogen-bond acceptors (Lipinski definition) is 3. The monoisotopic (exact) mass is 236 g/mol. The molecule has 5 heteroatoms. The maximum atomic E-state index is 12.2. The second kappa shape index (κ2) is 4.87. The number of amides is 1. The summed E-state index contributed by atoms with van der Waals surface area (Å²) in [6.07, 6.45) is 4.01. The number of aromatic nitrogens is 2. The van der Waals surface area contributed by atoms with Crippen molar-refractivity contribution in [1.82, 2.24) is 20.0 Å². The standard InChI is InChI=1S/C12H20N4O/c1-9-11(7-14-16(9)3)12(17)15(2)8-10-5-4-6-13-10/h7,10,13H,4-6,8H2,1-3H3. The van der Waals surface area contributed by atoms with Crippen LogP contribution in [0.5, 0.6) is 0 Å². The Morgan fingerprint density at radius 2 is 2.47 bits per heavy atom. The zero-order chi connectivity index (χ0) is 12.4. The third-order valence-corrected chi connectivity index (χ3v) is 3.47. The number of likely N-dealkylation sites (N-methyl/N-ethyl adjacent to an activating group) is 1.